The van der Waals surface area contributed by atoms with Gasteiger partial charge in [-0.15, -0.1) is 13.2 Å². The van der Waals surface area contributed by atoms with E-state index in [-0.39, 0.29) is 23.4 Å². The molecule has 3 heterocycles. The molecule has 0 saturated carbocycles. The third-order valence-corrected chi connectivity index (χ3v) is 5.02. The van der Waals surface area contributed by atoms with Crippen LogP contribution in [0.4, 0.5) is 23.4 Å². The molecule has 0 aliphatic carbocycles. The van der Waals surface area contributed by atoms with Gasteiger partial charge < -0.3 is 14.8 Å². The van der Waals surface area contributed by atoms with E-state index in [2.05, 4.69) is 15.0 Å². The van der Waals surface area contributed by atoms with Crippen molar-refractivity contribution in [1.29, 1.82) is 0 Å². The summed E-state index contributed by atoms with van der Waals surface area (Å²) in [4.78, 5) is 17.0. The number of carbonyl (C=O) groups is 1. The van der Waals surface area contributed by atoms with Crippen molar-refractivity contribution < 1.29 is 31.8 Å². The molecule has 1 aromatic carbocycles. The Bertz CT molecular complexity index is 1070. The summed E-state index contributed by atoms with van der Waals surface area (Å²) < 4.78 is 61.8. The van der Waals surface area contributed by atoms with Crippen LogP contribution in [0, 0.1) is 11.7 Å². The van der Waals surface area contributed by atoms with E-state index in [9.17, 15) is 22.4 Å². The fourth-order valence-corrected chi connectivity index (χ4v) is 3.59. The topological polar surface area (TPSA) is 64.9 Å². The Labute approximate surface area is 174 Å². The second-order valence-electron chi connectivity index (χ2n) is 7.26. The number of ether oxygens (including phenoxy) is 2. The van der Waals surface area contributed by atoms with Crippen LogP contribution in [0.5, 0.6) is 5.75 Å². The van der Waals surface area contributed by atoms with E-state index in [0.29, 0.717) is 36.5 Å². The fraction of sp³-hybridized carbons (Fsp3) is 0.333. The zero-order valence-electron chi connectivity index (χ0n) is 16.3. The molecule has 1 aliphatic rings. The van der Waals surface area contributed by atoms with Crippen LogP contribution in [0.15, 0.2) is 42.6 Å². The standard InChI is InChI=1S/C21H19F4N3O3/c22-15-3-6-17-26-20(27-18(29)11-13-7-9-30-10-8-13)19(28(17)12-15)14-1-4-16(5-2-14)31-21(23,24)25/h1-6,12-13H,7-11H2,(H,27,29). The van der Waals surface area contributed by atoms with Crippen molar-refractivity contribution in [2.45, 2.75) is 25.6 Å². The van der Waals surface area contributed by atoms with Gasteiger partial charge in [-0.25, -0.2) is 9.37 Å². The summed E-state index contributed by atoms with van der Waals surface area (Å²) in [5.74, 6) is -0.753. The van der Waals surface area contributed by atoms with E-state index < -0.39 is 12.2 Å². The fourth-order valence-electron chi connectivity index (χ4n) is 3.59. The van der Waals surface area contributed by atoms with Crippen molar-refractivity contribution in [3.63, 3.8) is 0 Å². The molecule has 31 heavy (non-hydrogen) atoms. The number of nitrogens with one attached hydrogen (secondary N) is 1. The van der Waals surface area contributed by atoms with Crippen molar-refractivity contribution in [2.24, 2.45) is 5.92 Å². The first-order chi connectivity index (χ1) is 14.8. The molecule has 10 heteroatoms. The predicted octanol–water partition coefficient (Wildman–Crippen LogP) is 4.79. The molecule has 1 N–H and O–H groups in total. The minimum atomic E-state index is -4.81. The molecular formula is C21H19F4N3O3. The van der Waals surface area contributed by atoms with Crippen LogP contribution >= 0.6 is 0 Å². The number of amides is 1. The van der Waals surface area contributed by atoms with Crippen LogP contribution in [0.1, 0.15) is 19.3 Å². The summed E-state index contributed by atoms with van der Waals surface area (Å²) in [5, 5.41) is 2.77. The summed E-state index contributed by atoms with van der Waals surface area (Å²) in [6, 6.07) is 7.77. The maximum atomic E-state index is 13.9. The van der Waals surface area contributed by atoms with Gasteiger partial charge in [-0.05, 0) is 55.2 Å². The number of hydrogen-bond acceptors (Lipinski definition) is 4. The molecule has 0 atom stereocenters. The monoisotopic (exact) mass is 437 g/mol. The maximum absolute atomic E-state index is 13.9. The Kier molecular flexibility index (Phi) is 5.81. The largest absolute Gasteiger partial charge is 0.573 e. The first-order valence-electron chi connectivity index (χ1n) is 9.70. The summed E-state index contributed by atoms with van der Waals surface area (Å²) >= 11 is 0. The lowest BCUT2D eigenvalue weighted by Gasteiger charge is -2.21. The predicted molar refractivity (Wildman–Crippen MR) is 104 cm³/mol. The number of halogens is 4. The van der Waals surface area contributed by atoms with Crippen molar-refractivity contribution in [2.75, 3.05) is 18.5 Å². The van der Waals surface area contributed by atoms with Gasteiger partial charge in [0.05, 0.1) is 5.69 Å². The minimum absolute atomic E-state index is 0.200. The number of fused-ring (bicyclic) bond motifs is 1. The molecule has 0 spiro atoms. The van der Waals surface area contributed by atoms with Crippen molar-refractivity contribution in [1.82, 2.24) is 9.38 Å². The van der Waals surface area contributed by atoms with E-state index in [1.165, 1.54) is 34.9 Å². The zero-order chi connectivity index (χ0) is 22.0. The second-order valence-corrected chi connectivity index (χ2v) is 7.26. The highest BCUT2D eigenvalue weighted by atomic mass is 19.4. The third kappa shape index (κ3) is 5.13. The SMILES string of the molecule is O=C(CC1CCOCC1)Nc1nc2ccc(F)cn2c1-c1ccc(OC(F)(F)F)cc1. The van der Waals surface area contributed by atoms with Gasteiger partial charge in [0.1, 0.15) is 17.2 Å². The van der Waals surface area contributed by atoms with E-state index in [1.54, 1.807) is 0 Å². The van der Waals surface area contributed by atoms with Gasteiger partial charge in [-0.1, -0.05) is 0 Å². The summed E-state index contributed by atoms with van der Waals surface area (Å²) in [6.07, 6.45) is -1.73. The molecular weight excluding hydrogens is 418 g/mol. The van der Waals surface area contributed by atoms with Gasteiger partial charge in [-0.3, -0.25) is 9.20 Å². The molecule has 4 rings (SSSR count). The number of alkyl halides is 3. The van der Waals surface area contributed by atoms with Gasteiger partial charge in [-0.2, -0.15) is 0 Å². The summed E-state index contributed by atoms with van der Waals surface area (Å²) in [6.45, 7) is 1.23. The van der Waals surface area contributed by atoms with E-state index in [4.69, 9.17) is 4.74 Å². The number of rotatable bonds is 5. The van der Waals surface area contributed by atoms with Crippen LogP contribution in [-0.4, -0.2) is 34.9 Å². The first-order valence-corrected chi connectivity index (χ1v) is 9.70. The lowest BCUT2D eigenvalue weighted by atomic mass is 9.96. The van der Waals surface area contributed by atoms with Crippen molar-refractivity contribution >= 4 is 17.4 Å². The lowest BCUT2D eigenvalue weighted by molar-refractivity contribution is -0.274. The van der Waals surface area contributed by atoms with Gasteiger partial charge in [0.15, 0.2) is 5.82 Å². The Morgan fingerprint density at radius 1 is 1.16 bits per heavy atom. The quantitative estimate of drug-likeness (QED) is 0.583. The van der Waals surface area contributed by atoms with E-state index in [1.807, 2.05) is 0 Å². The molecule has 164 valence electrons. The highest BCUT2D eigenvalue weighted by molar-refractivity contribution is 5.94. The highest BCUT2D eigenvalue weighted by Gasteiger charge is 2.31. The van der Waals surface area contributed by atoms with Crippen LogP contribution in [0.3, 0.4) is 0 Å². The molecule has 2 aromatic heterocycles. The van der Waals surface area contributed by atoms with Crippen molar-refractivity contribution in [3.8, 4) is 17.0 Å². The number of aromatic nitrogens is 2. The third-order valence-electron chi connectivity index (χ3n) is 5.02. The molecule has 1 fully saturated rings. The van der Waals surface area contributed by atoms with Gasteiger partial charge >= 0.3 is 6.36 Å². The Morgan fingerprint density at radius 3 is 2.55 bits per heavy atom. The molecule has 1 saturated heterocycles. The second kappa shape index (κ2) is 8.54. The van der Waals surface area contributed by atoms with E-state index >= 15 is 0 Å². The Hall–Kier alpha value is -3.14. The summed E-state index contributed by atoms with van der Waals surface area (Å²) in [7, 11) is 0. The molecule has 1 amide bonds. The number of imidazole rings is 1. The molecule has 3 aromatic rings. The van der Waals surface area contributed by atoms with Crippen LogP contribution in [0.2, 0.25) is 0 Å². The minimum Gasteiger partial charge on any atom is -0.406 e. The highest BCUT2D eigenvalue weighted by Crippen LogP contribution is 2.32. The average Bonchev–Trinajstić information content (AvgIpc) is 3.05. The molecule has 1 aliphatic heterocycles. The maximum Gasteiger partial charge on any atom is 0.573 e. The van der Waals surface area contributed by atoms with E-state index in [0.717, 1.165) is 25.0 Å². The Balaban J connectivity index is 1.64. The number of hydrogen-bond donors (Lipinski definition) is 1. The molecule has 0 unspecified atom stereocenters. The molecule has 0 bridgehead atoms. The number of pyridine rings is 1. The summed E-state index contributed by atoms with van der Waals surface area (Å²) in [5.41, 5.74) is 1.18. The number of anilines is 1. The van der Waals surface area contributed by atoms with Crippen LogP contribution < -0.4 is 10.1 Å². The van der Waals surface area contributed by atoms with Gasteiger partial charge in [0, 0.05) is 31.4 Å². The van der Waals surface area contributed by atoms with Crippen LogP contribution in [0.25, 0.3) is 16.9 Å². The lowest BCUT2D eigenvalue weighted by Crippen LogP contribution is -2.22. The molecule has 6 nitrogen and oxygen atoms in total. The van der Waals surface area contributed by atoms with Crippen molar-refractivity contribution in [3.05, 3.63) is 48.4 Å². The number of carbonyl (C=O) groups excluding carboxylic acids is 1. The number of nitrogens with zero attached hydrogens (tertiary/aromatic N) is 2. The number of benzene rings is 1. The first kappa shape index (κ1) is 21.1. The van der Waals surface area contributed by atoms with Gasteiger partial charge in [0.2, 0.25) is 5.91 Å². The smallest absolute Gasteiger partial charge is 0.406 e. The average molecular weight is 437 g/mol. The van der Waals surface area contributed by atoms with Gasteiger partial charge in [0.25, 0.3) is 0 Å². The van der Waals surface area contributed by atoms with Crippen LogP contribution in [-0.2, 0) is 9.53 Å². The normalized spacial score (nSPS) is 15.2. The Morgan fingerprint density at radius 2 is 1.87 bits per heavy atom. The zero-order valence-corrected chi connectivity index (χ0v) is 16.3. The molecule has 0 radical (unpaired) electrons.